The number of carboxylic acids is 1. The first-order valence-electron chi connectivity index (χ1n) is 3.57. The van der Waals surface area contributed by atoms with Crippen LogP contribution in [0.4, 0.5) is 0 Å². The van der Waals surface area contributed by atoms with Gasteiger partial charge in [-0.3, -0.25) is 4.79 Å². The lowest BCUT2D eigenvalue weighted by atomic mass is 10.0. The third-order valence-corrected chi connectivity index (χ3v) is 3.34. The summed E-state index contributed by atoms with van der Waals surface area (Å²) in [5.41, 5.74) is 0. The Labute approximate surface area is 74.9 Å². The lowest BCUT2D eigenvalue weighted by Crippen LogP contribution is -2.45. The predicted octanol–water partition coefficient (Wildman–Crippen LogP) is 0.381. The number of aliphatic carboxylic acids is 1. The maximum atomic E-state index is 10.8. The van der Waals surface area contributed by atoms with E-state index in [9.17, 15) is 9.59 Å². The van der Waals surface area contributed by atoms with Gasteiger partial charge in [-0.2, -0.15) is 0 Å². The van der Waals surface area contributed by atoms with Crippen molar-refractivity contribution in [3.63, 3.8) is 0 Å². The molecule has 1 aliphatic heterocycles. The third kappa shape index (κ3) is 1.41. The van der Waals surface area contributed by atoms with Crippen LogP contribution in [0.2, 0.25) is 0 Å². The van der Waals surface area contributed by atoms with E-state index in [0.29, 0.717) is 12.3 Å². The van der Waals surface area contributed by atoms with Gasteiger partial charge < -0.3 is 10.0 Å². The van der Waals surface area contributed by atoms with E-state index >= 15 is 0 Å². The van der Waals surface area contributed by atoms with Crippen molar-refractivity contribution < 1.29 is 14.7 Å². The van der Waals surface area contributed by atoms with Crippen LogP contribution in [0.15, 0.2) is 0 Å². The maximum absolute atomic E-state index is 10.8. The van der Waals surface area contributed by atoms with Crippen molar-refractivity contribution in [1.82, 2.24) is 4.90 Å². The summed E-state index contributed by atoms with van der Waals surface area (Å²) in [6, 6.07) is -0.694. The molecule has 1 rings (SSSR count). The standard InChI is InChI=1S/C7H11NO3S/c1-7(2)5(6(10)11)8(3-9)4-12-7/h3,5H,4H2,1-2H3,(H,10,11). The molecule has 1 aliphatic rings. The van der Waals surface area contributed by atoms with Crippen molar-refractivity contribution in [2.75, 3.05) is 5.88 Å². The summed E-state index contributed by atoms with van der Waals surface area (Å²) in [5.74, 6) is -0.467. The molecule has 5 heteroatoms. The van der Waals surface area contributed by atoms with Crippen LogP contribution in [0.1, 0.15) is 13.8 Å². The Morgan fingerprint density at radius 1 is 1.75 bits per heavy atom. The van der Waals surface area contributed by atoms with E-state index in [0.717, 1.165) is 0 Å². The van der Waals surface area contributed by atoms with Crippen LogP contribution in [-0.2, 0) is 9.59 Å². The smallest absolute Gasteiger partial charge is 0.327 e. The average molecular weight is 189 g/mol. The predicted molar refractivity (Wildman–Crippen MR) is 45.9 cm³/mol. The summed E-state index contributed by atoms with van der Waals surface area (Å²) in [6.45, 7) is 3.67. The van der Waals surface area contributed by atoms with Gasteiger partial charge >= 0.3 is 5.97 Å². The van der Waals surface area contributed by atoms with Crippen molar-refractivity contribution in [1.29, 1.82) is 0 Å². The highest BCUT2D eigenvalue weighted by Gasteiger charge is 2.45. The first-order valence-corrected chi connectivity index (χ1v) is 4.55. The minimum atomic E-state index is -0.933. The largest absolute Gasteiger partial charge is 0.480 e. The van der Waals surface area contributed by atoms with Crippen LogP contribution < -0.4 is 0 Å². The Balaban J connectivity index is 2.87. The number of rotatable bonds is 2. The number of carbonyl (C=O) groups excluding carboxylic acids is 1. The SMILES string of the molecule is CC1(C)SCN(C=O)C1C(=O)O. The summed E-state index contributed by atoms with van der Waals surface area (Å²) in [4.78, 5) is 22.5. The summed E-state index contributed by atoms with van der Waals surface area (Å²) in [6.07, 6.45) is 0.598. The van der Waals surface area contributed by atoms with E-state index in [2.05, 4.69) is 0 Å². The van der Waals surface area contributed by atoms with E-state index in [-0.39, 0.29) is 4.75 Å². The highest BCUT2D eigenvalue weighted by Crippen LogP contribution is 2.38. The first-order chi connectivity index (χ1) is 5.49. The summed E-state index contributed by atoms with van der Waals surface area (Å²) >= 11 is 1.48. The van der Waals surface area contributed by atoms with Crippen LogP contribution in [0.3, 0.4) is 0 Å². The van der Waals surface area contributed by atoms with Gasteiger partial charge in [-0.15, -0.1) is 11.8 Å². The molecule has 1 saturated heterocycles. The average Bonchev–Trinajstić information content (AvgIpc) is 2.24. The zero-order valence-electron chi connectivity index (χ0n) is 6.98. The maximum Gasteiger partial charge on any atom is 0.327 e. The van der Waals surface area contributed by atoms with Crippen LogP contribution in [0.25, 0.3) is 0 Å². The molecule has 1 N–H and O–H groups in total. The molecular weight excluding hydrogens is 178 g/mol. The molecule has 1 fully saturated rings. The highest BCUT2D eigenvalue weighted by atomic mass is 32.2. The van der Waals surface area contributed by atoms with Crippen LogP contribution in [-0.4, -0.2) is 39.1 Å². The molecule has 0 radical (unpaired) electrons. The first kappa shape index (κ1) is 9.38. The van der Waals surface area contributed by atoms with Crippen LogP contribution >= 0.6 is 11.8 Å². The van der Waals surface area contributed by atoms with Crippen molar-refractivity contribution in [2.24, 2.45) is 0 Å². The molecule has 0 aromatic heterocycles. The van der Waals surface area contributed by atoms with E-state index in [1.165, 1.54) is 16.7 Å². The van der Waals surface area contributed by atoms with Crippen LogP contribution in [0.5, 0.6) is 0 Å². The monoisotopic (exact) mass is 189 g/mol. The second-order valence-electron chi connectivity index (χ2n) is 3.24. The zero-order valence-corrected chi connectivity index (χ0v) is 7.80. The van der Waals surface area contributed by atoms with Gasteiger partial charge in [-0.25, -0.2) is 4.79 Å². The summed E-state index contributed by atoms with van der Waals surface area (Å²) < 4.78 is -0.382. The minimum Gasteiger partial charge on any atom is -0.480 e. The molecule has 0 saturated carbocycles. The Hall–Kier alpha value is -0.710. The molecule has 0 bridgehead atoms. The van der Waals surface area contributed by atoms with Gasteiger partial charge in [0.1, 0.15) is 6.04 Å². The Kier molecular flexibility index (Phi) is 2.32. The van der Waals surface area contributed by atoms with Crippen molar-refractivity contribution >= 4 is 24.1 Å². The van der Waals surface area contributed by atoms with Crippen LogP contribution in [0, 0.1) is 0 Å². The molecule has 68 valence electrons. The number of amides is 1. The van der Waals surface area contributed by atoms with E-state index in [1.807, 2.05) is 13.8 Å². The summed E-state index contributed by atoms with van der Waals surface area (Å²) in [7, 11) is 0. The van der Waals surface area contributed by atoms with Gasteiger partial charge in [0.2, 0.25) is 6.41 Å². The molecule has 1 atom stereocenters. The lowest BCUT2D eigenvalue weighted by Gasteiger charge is -2.24. The van der Waals surface area contributed by atoms with Crippen molar-refractivity contribution in [3.05, 3.63) is 0 Å². The number of nitrogens with zero attached hydrogens (tertiary/aromatic N) is 1. The third-order valence-electron chi connectivity index (χ3n) is 1.95. The fourth-order valence-corrected chi connectivity index (χ4v) is 2.41. The topological polar surface area (TPSA) is 57.6 Å². The number of hydrogen-bond acceptors (Lipinski definition) is 3. The number of carboxylic acid groups (broad SMARTS) is 1. The molecule has 0 aromatic rings. The number of carbonyl (C=O) groups is 2. The Morgan fingerprint density at radius 2 is 2.33 bits per heavy atom. The molecule has 0 spiro atoms. The normalized spacial score (nSPS) is 27.2. The quantitative estimate of drug-likeness (QED) is 0.638. The van der Waals surface area contributed by atoms with Gasteiger partial charge in [-0.05, 0) is 13.8 Å². The second kappa shape index (κ2) is 2.97. The molecule has 4 nitrogen and oxygen atoms in total. The fourth-order valence-electron chi connectivity index (χ4n) is 1.32. The van der Waals surface area contributed by atoms with E-state index in [1.54, 1.807) is 0 Å². The molecule has 1 amide bonds. The molecule has 1 unspecified atom stereocenters. The Morgan fingerprint density at radius 3 is 2.67 bits per heavy atom. The second-order valence-corrected chi connectivity index (χ2v) is 4.84. The zero-order chi connectivity index (χ0) is 9.35. The van der Waals surface area contributed by atoms with Crippen molar-refractivity contribution in [2.45, 2.75) is 24.6 Å². The molecule has 0 aliphatic carbocycles. The highest BCUT2D eigenvalue weighted by molar-refractivity contribution is 8.00. The van der Waals surface area contributed by atoms with Crippen molar-refractivity contribution in [3.8, 4) is 0 Å². The molecule has 0 aromatic carbocycles. The van der Waals surface area contributed by atoms with Gasteiger partial charge in [-0.1, -0.05) is 0 Å². The van der Waals surface area contributed by atoms with E-state index < -0.39 is 12.0 Å². The Bertz CT molecular complexity index is 217. The fraction of sp³-hybridized carbons (Fsp3) is 0.714. The van der Waals surface area contributed by atoms with Gasteiger partial charge in [0.15, 0.2) is 0 Å². The molecule has 12 heavy (non-hydrogen) atoms. The van der Waals surface area contributed by atoms with Gasteiger partial charge in [0, 0.05) is 4.75 Å². The number of thioether (sulfide) groups is 1. The minimum absolute atomic E-state index is 0.382. The molecular formula is C7H11NO3S. The van der Waals surface area contributed by atoms with Gasteiger partial charge in [0.25, 0.3) is 0 Å². The molecule has 1 heterocycles. The number of hydrogen-bond donors (Lipinski definition) is 1. The van der Waals surface area contributed by atoms with Gasteiger partial charge in [0.05, 0.1) is 5.88 Å². The lowest BCUT2D eigenvalue weighted by molar-refractivity contribution is -0.146. The van der Waals surface area contributed by atoms with E-state index in [4.69, 9.17) is 5.11 Å². The summed E-state index contributed by atoms with van der Waals surface area (Å²) in [5, 5.41) is 8.84.